The number of carbonyl (C=O) groups excluding carboxylic acids is 2. The predicted octanol–water partition coefficient (Wildman–Crippen LogP) is 1.28. The van der Waals surface area contributed by atoms with Crippen LogP contribution in [0.4, 0.5) is 4.79 Å². The summed E-state index contributed by atoms with van der Waals surface area (Å²) in [6.07, 6.45) is 3.55. The molecule has 5 heteroatoms. The van der Waals surface area contributed by atoms with Gasteiger partial charge in [0.15, 0.2) is 0 Å². The highest BCUT2D eigenvalue weighted by atomic mass is 16.5. The van der Waals surface area contributed by atoms with E-state index in [2.05, 4.69) is 19.2 Å². The Balaban J connectivity index is 2.07. The third kappa shape index (κ3) is 2.29. The summed E-state index contributed by atoms with van der Waals surface area (Å²) >= 11 is 0. The summed E-state index contributed by atoms with van der Waals surface area (Å²) in [7, 11) is 0. The normalized spacial score (nSPS) is 28.4. The second-order valence-corrected chi connectivity index (χ2v) is 4.87. The Labute approximate surface area is 101 Å². The van der Waals surface area contributed by atoms with Crippen molar-refractivity contribution < 1.29 is 14.3 Å². The maximum Gasteiger partial charge on any atom is 0.324 e. The van der Waals surface area contributed by atoms with Gasteiger partial charge in [-0.3, -0.25) is 10.1 Å². The fourth-order valence-electron chi connectivity index (χ4n) is 2.76. The van der Waals surface area contributed by atoms with Crippen LogP contribution in [0, 0.1) is 0 Å². The maximum absolute atomic E-state index is 11.6. The Kier molecular flexibility index (Phi) is 3.38. The molecule has 0 radical (unpaired) electrons. The fraction of sp³-hybridized carbons (Fsp3) is 0.833. The van der Waals surface area contributed by atoms with Crippen LogP contribution in [-0.4, -0.2) is 41.6 Å². The van der Waals surface area contributed by atoms with Crippen LogP contribution in [0.3, 0.4) is 0 Å². The van der Waals surface area contributed by atoms with Gasteiger partial charge in [-0.15, -0.1) is 0 Å². The van der Waals surface area contributed by atoms with Crippen molar-refractivity contribution in [2.45, 2.75) is 51.2 Å². The number of nitrogens with zero attached hydrogens (tertiary/aromatic N) is 1. The molecule has 2 aliphatic heterocycles. The molecule has 2 aliphatic rings. The Bertz CT molecular complexity index is 326. The average Bonchev–Trinajstić information content (AvgIpc) is 2.68. The number of hydrogen-bond donors (Lipinski definition) is 1. The van der Waals surface area contributed by atoms with Gasteiger partial charge in [-0.05, 0) is 25.7 Å². The van der Waals surface area contributed by atoms with Crippen molar-refractivity contribution in [3.05, 3.63) is 0 Å². The quantitative estimate of drug-likeness (QED) is 0.756. The average molecular weight is 240 g/mol. The summed E-state index contributed by atoms with van der Waals surface area (Å²) in [4.78, 5) is 24.5. The molecule has 0 spiro atoms. The van der Waals surface area contributed by atoms with Crippen molar-refractivity contribution in [1.82, 2.24) is 10.2 Å². The first-order chi connectivity index (χ1) is 8.10. The Hall–Kier alpha value is -1.10. The third-order valence-corrected chi connectivity index (χ3v) is 4.02. The fourth-order valence-corrected chi connectivity index (χ4v) is 2.76. The van der Waals surface area contributed by atoms with Crippen molar-refractivity contribution in [3.63, 3.8) is 0 Å². The minimum atomic E-state index is -0.247. The van der Waals surface area contributed by atoms with E-state index < -0.39 is 0 Å². The first kappa shape index (κ1) is 12.4. The number of carbonyl (C=O) groups is 2. The van der Waals surface area contributed by atoms with Gasteiger partial charge in [0, 0.05) is 12.6 Å². The van der Waals surface area contributed by atoms with Crippen LogP contribution < -0.4 is 5.32 Å². The molecule has 2 heterocycles. The summed E-state index contributed by atoms with van der Waals surface area (Å²) < 4.78 is 5.87. The lowest BCUT2D eigenvalue weighted by atomic mass is 9.85. The molecule has 0 aliphatic carbocycles. The Morgan fingerprint density at radius 2 is 2.12 bits per heavy atom. The SMILES string of the molecule is CCC1(CC)CC(N2CC(=O)NC2=O)CCO1. The number of nitrogens with one attached hydrogen (secondary N) is 1. The second-order valence-electron chi connectivity index (χ2n) is 4.87. The van der Waals surface area contributed by atoms with E-state index in [1.54, 1.807) is 4.90 Å². The number of hydrogen-bond acceptors (Lipinski definition) is 3. The van der Waals surface area contributed by atoms with Gasteiger partial charge in [0.1, 0.15) is 6.54 Å². The Morgan fingerprint density at radius 3 is 2.65 bits per heavy atom. The molecule has 3 amide bonds. The van der Waals surface area contributed by atoms with E-state index in [9.17, 15) is 9.59 Å². The topological polar surface area (TPSA) is 58.6 Å². The van der Waals surface area contributed by atoms with Crippen LogP contribution in [0.1, 0.15) is 39.5 Å². The summed E-state index contributed by atoms with van der Waals surface area (Å²) in [5.74, 6) is -0.194. The summed E-state index contributed by atoms with van der Waals surface area (Å²) in [6.45, 7) is 5.10. The van der Waals surface area contributed by atoms with E-state index in [4.69, 9.17) is 4.74 Å². The van der Waals surface area contributed by atoms with Gasteiger partial charge in [0.2, 0.25) is 5.91 Å². The molecule has 2 saturated heterocycles. The van der Waals surface area contributed by atoms with Gasteiger partial charge in [0.05, 0.1) is 5.60 Å². The second kappa shape index (κ2) is 4.64. The van der Waals surface area contributed by atoms with Crippen molar-refractivity contribution in [3.8, 4) is 0 Å². The van der Waals surface area contributed by atoms with Crippen molar-refractivity contribution in [1.29, 1.82) is 0 Å². The maximum atomic E-state index is 11.6. The first-order valence-corrected chi connectivity index (χ1v) is 6.34. The molecule has 5 nitrogen and oxygen atoms in total. The number of ether oxygens (including phenoxy) is 1. The lowest BCUT2D eigenvalue weighted by Gasteiger charge is -2.42. The molecule has 2 fully saturated rings. The minimum absolute atomic E-state index is 0.116. The van der Waals surface area contributed by atoms with E-state index in [1.165, 1.54) is 0 Å². The molecule has 0 aromatic rings. The molecular formula is C12H20N2O3. The van der Waals surface area contributed by atoms with E-state index in [0.717, 1.165) is 25.7 Å². The lowest BCUT2D eigenvalue weighted by molar-refractivity contribution is -0.120. The van der Waals surface area contributed by atoms with Crippen LogP contribution in [0.5, 0.6) is 0 Å². The van der Waals surface area contributed by atoms with Gasteiger partial charge in [-0.25, -0.2) is 4.79 Å². The van der Waals surface area contributed by atoms with Gasteiger partial charge >= 0.3 is 6.03 Å². The van der Waals surface area contributed by atoms with Gasteiger partial charge < -0.3 is 9.64 Å². The number of rotatable bonds is 3. The molecule has 1 N–H and O–H groups in total. The largest absolute Gasteiger partial charge is 0.375 e. The number of urea groups is 1. The van der Waals surface area contributed by atoms with Crippen LogP contribution in [0.25, 0.3) is 0 Å². The smallest absolute Gasteiger partial charge is 0.324 e. The monoisotopic (exact) mass is 240 g/mol. The zero-order chi connectivity index (χ0) is 12.5. The van der Waals surface area contributed by atoms with Crippen LogP contribution in [0.15, 0.2) is 0 Å². The highest BCUT2D eigenvalue weighted by Crippen LogP contribution is 2.34. The lowest BCUT2D eigenvalue weighted by Crippen LogP contribution is -2.49. The molecular weight excluding hydrogens is 220 g/mol. The highest BCUT2D eigenvalue weighted by molar-refractivity contribution is 6.02. The van der Waals surface area contributed by atoms with Gasteiger partial charge in [-0.2, -0.15) is 0 Å². The van der Waals surface area contributed by atoms with Crippen molar-refractivity contribution in [2.75, 3.05) is 13.2 Å². The zero-order valence-electron chi connectivity index (χ0n) is 10.5. The molecule has 0 aromatic carbocycles. The van der Waals surface area contributed by atoms with Crippen LogP contribution >= 0.6 is 0 Å². The minimum Gasteiger partial charge on any atom is -0.375 e. The van der Waals surface area contributed by atoms with Gasteiger partial charge in [0.25, 0.3) is 0 Å². The van der Waals surface area contributed by atoms with Crippen molar-refractivity contribution >= 4 is 11.9 Å². The molecule has 0 bridgehead atoms. The van der Waals surface area contributed by atoms with Crippen LogP contribution in [-0.2, 0) is 9.53 Å². The van der Waals surface area contributed by atoms with E-state index in [0.29, 0.717) is 6.61 Å². The molecule has 17 heavy (non-hydrogen) atoms. The molecule has 1 atom stereocenters. The highest BCUT2D eigenvalue weighted by Gasteiger charge is 2.41. The summed E-state index contributed by atoms with van der Waals surface area (Å²) in [5, 5.41) is 2.33. The summed E-state index contributed by atoms with van der Waals surface area (Å²) in [5.41, 5.74) is -0.116. The number of amides is 3. The van der Waals surface area contributed by atoms with E-state index in [-0.39, 0.29) is 30.1 Å². The van der Waals surface area contributed by atoms with E-state index >= 15 is 0 Å². The molecule has 0 saturated carbocycles. The first-order valence-electron chi connectivity index (χ1n) is 6.34. The van der Waals surface area contributed by atoms with Gasteiger partial charge in [-0.1, -0.05) is 13.8 Å². The molecule has 0 aromatic heterocycles. The zero-order valence-corrected chi connectivity index (χ0v) is 10.5. The van der Waals surface area contributed by atoms with Crippen LogP contribution in [0.2, 0.25) is 0 Å². The summed E-state index contributed by atoms with van der Waals surface area (Å²) in [6, 6.07) is -0.113. The molecule has 1 unspecified atom stereocenters. The Morgan fingerprint density at radius 1 is 1.41 bits per heavy atom. The third-order valence-electron chi connectivity index (χ3n) is 4.02. The predicted molar refractivity (Wildman–Crippen MR) is 62.5 cm³/mol. The standard InChI is InChI=1S/C12H20N2O3/c1-3-12(4-2)7-9(5-6-17-12)14-8-10(15)13-11(14)16/h9H,3-8H2,1-2H3,(H,13,15,16). The molecule has 96 valence electrons. The number of imide groups is 1. The van der Waals surface area contributed by atoms with E-state index in [1.807, 2.05) is 0 Å². The molecule has 2 rings (SSSR count). The van der Waals surface area contributed by atoms with Crippen molar-refractivity contribution in [2.24, 2.45) is 0 Å².